The molecule has 2 aromatic carbocycles. The molecule has 1 heterocycles. The van der Waals surface area contributed by atoms with Gasteiger partial charge >= 0.3 is 6.03 Å². The van der Waals surface area contributed by atoms with Crippen molar-refractivity contribution >= 4 is 54.1 Å². The van der Waals surface area contributed by atoms with Crippen molar-refractivity contribution in [2.75, 3.05) is 11.9 Å². The van der Waals surface area contributed by atoms with Gasteiger partial charge in [-0.3, -0.25) is 4.79 Å². The smallest absolute Gasteiger partial charge is 0.312 e. The summed E-state index contributed by atoms with van der Waals surface area (Å²) in [7, 11) is 3.73. The van der Waals surface area contributed by atoms with Gasteiger partial charge in [0.25, 0.3) is 5.91 Å². The van der Waals surface area contributed by atoms with E-state index in [1.54, 1.807) is 30.1 Å². The van der Waals surface area contributed by atoms with Gasteiger partial charge in [-0.25, -0.2) is 9.69 Å². The van der Waals surface area contributed by atoms with E-state index in [4.69, 9.17) is 23.2 Å². The lowest BCUT2D eigenvalue weighted by Gasteiger charge is -2.48. The fourth-order valence-electron chi connectivity index (χ4n) is 4.10. The number of carbonyl (C=O) groups excluding carboxylic acids is 2. The molecule has 0 bridgehead atoms. The number of benzene rings is 2. The molecule has 0 aromatic heterocycles. The van der Waals surface area contributed by atoms with Gasteiger partial charge in [-0.2, -0.15) is 0 Å². The summed E-state index contributed by atoms with van der Waals surface area (Å²) < 4.78 is 0. The number of carbonyl (C=O) groups is 2. The number of rotatable bonds is 2. The summed E-state index contributed by atoms with van der Waals surface area (Å²) >= 11 is 12.1. The fraction of sp³-hybridized carbons (Fsp3) is 0.263. The summed E-state index contributed by atoms with van der Waals surface area (Å²) in [4.78, 5) is 29.1. The molecule has 1 saturated carbocycles. The van der Waals surface area contributed by atoms with Gasteiger partial charge in [-0.05, 0) is 36.6 Å². The highest BCUT2D eigenvalue weighted by Crippen LogP contribution is 2.54. The van der Waals surface area contributed by atoms with Crippen molar-refractivity contribution in [2.45, 2.75) is 24.3 Å². The van der Waals surface area contributed by atoms with Crippen LogP contribution >= 0.6 is 23.2 Å². The van der Waals surface area contributed by atoms with Crippen molar-refractivity contribution in [3.05, 3.63) is 58.1 Å². The molecule has 1 aliphatic heterocycles. The van der Waals surface area contributed by atoms with Gasteiger partial charge in [0.05, 0.1) is 5.69 Å². The van der Waals surface area contributed by atoms with Crippen LogP contribution in [0, 0.1) is 0 Å². The first-order chi connectivity index (χ1) is 12.3. The molecule has 1 saturated heterocycles. The Morgan fingerprint density at radius 3 is 2.23 bits per heavy atom. The molecule has 4 nitrogen and oxygen atoms in total. The molecule has 2 aliphatic rings. The molecule has 1 spiro atoms. The molecule has 2 aromatic rings. The SMILES string of the molecule is Bc1ccc([C@@H]2CC[C@]23C(=O)N(c2cc(Cl)cc(Cl)c2)C(=O)N3C)cc1. The van der Waals surface area contributed by atoms with Crippen molar-refractivity contribution in [2.24, 2.45) is 0 Å². The molecule has 26 heavy (non-hydrogen) atoms. The van der Waals surface area contributed by atoms with Crippen LogP contribution in [-0.2, 0) is 4.79 Å². The lowest BCUT2D eigenvalue weighted by Crippen LogP contribution is -2.59. The lowest BCUT2D eigenvalue weighted by molar-refractivity contribution is -0.130. The van der Waals surface area contributed by atoms with E-state index in [0.717, 1.165) is 12.0 Å². The first kappa shape index (κ1) is 17.4. The molecule has 0 unspecified atom stereocenters. The van der Waals surface area contributed by atoms with Crippen LogP contribution < -0.4 is 10.4 Å². The van der Waals surface area contributed by atoms with Gasteiger partial charge in [0.1, 0.15) is 13.4 Å². The van der Waals surface area contributed by atoms with Gasteiger partial charge in [0, 0.05) is 23.0 Å². The number of nitrogens with zero attached hydrogens (tertiary/aromatic N) is 2. The van der Waals surface area contributed by atoms with E-state index in [2.05, 4.69) is 0 Å². The second-order valence-electron chi connectivity index (χ2n) is 7.04. The minimum atomic E-state index is -0.832. The largest absolute Gasteiger partial charge is 0.332 e. The minimum absolute atomic E-state index is 0.00999. The molecule has 4 rings (SSSR count). The number of anilines is 1. The number of imide groups is 1. The zero-order chi connectivity index (χ0) is 18.6. The van der Waals surface area contributed by atoms with E-state index in [1.165, 1.54) is 10.4 Å². The maximum atomic E-state index is 13.4. The molecule has 0 radical (unpaired) electrons. The van der Waals surface area contributed by atoms with Gasteiger partial charge in [0.15, 0.2) is 0 Å². The van der Waals surface area contributed by atoms with E-state index in [-0.39, 0.29) is 17.9 Å². The standard InChI is InChI=1S/C19H17BCl2N2O2/c1-23-18(26)24(15-9-13(21)8-14(22)10-15)17(25)19(23)7-6-16(19)11-2-4-12(20)5-3-11/h2-5,8-10,16H,6-7,20H2,1H3/t16-,19+/m0/s1. The van der Waals surface area contributed by atoms with Crippen LogP contribution in [0.25, 0.3) is 0 Å². The van der Waals surface area contributed by atoms with Gasteiger partial charge in [-0.15, -0.1) is 0 Å². The highest BCUT2D eigenvalue weighted by Gasteiger charge is 2.64. The number of hydrogen-bond acceptors (Lipinski definition) is 2. The van der Waals surface area contributed by atoms with Crippen LogP contribution in [0.5, 0.6) is 0 Å². The van der Waals surface area contributed by atoms with Crippen LogP contribution in [0.1, 0.15) is 24.3 Å². The zero-order valence-corrected chi connectivity index (χ0v) is 16.0. The van der Waals surface area contributed by atoms with E-state index in [9.17, 15) is 9.59 Å². The number of halogens is 2. The molecular weight excluding hydrogens is 370 g/mol. The second kappa shape index (κ2) is 6.03. The normalized spacial score (nSPS) is 25.1. The van der Waals surface area contributed by atoms with Crippen molar-refractivity contribution in [3.8, 4) is 0 Å². The summed E-state index contributed by atoms with van der Waals surface area (Å²) in [6.07, 6.45) is 1.52. The summed E-state index contributed by atoms with van der Waals surface area (Å²) in [5.41, 5.74) is 1.83. The van der Waals surface area contributed by atoms with E-state index >= 15 is 0 Å². The van der Waals surface area contributed by atoms with E-state index in [0.29, 0.717) is 22.2 Å². The molecule has 2 fully saturated rings. The third-order valence-electron chi connectivity index (χ3n) is 5.63. The average Bonchev–Trinajstić information content (AvgIpc) is 2.76. The number of hydrogen-bond donors (Lipinski definition) is 0. The quantitative estimate of drug-likeness (QED) is 0.588. The Hall–Kier alpha value is -1.98. The molecule has 132 valence electrons. The van der Waals surface area contributed by atoms with Crippen LogP contribution in [0.2, 0.25) is 10.0 Å². The van der Waals surface area contributed by atoms with Crippen molar-refractivity contribution in [1.29, 1.82) is 0 Å². The first-order valence-electron chi connectivity index (χ1n) is 8.49. The third kappa shape index (κ3) is 2.38. The van der Waals surface area contributed by atoms with Crippen molar-refractivity contribution < 1.29 is 9.59 Å². The molecule has 7 heteroatoms. The summed E-state index contributed by atoms with van der Waals surface area (Å²) in [6.45, 7) is 0. The molecule has 2 atom stereocenters. The van der Waals surface area contributed by atoms with Crippen LogP contribution in [0.4, 0.5) is 10.5 Å². The van der Waals surface area contributed by atoms with E-state index in [1.807, 2.05) is 32.1 Å². The highest BCUT2D eigenvalue weighted by atomic mass is 35.5. The lowest BCUT2D eigenvalue weighted by atomic mass is 9.62. The third-order valence-corrected chi connectivity index (χ3v) is 6.06. The monoisotopic (exact) mass is 386 g/mol. The number of likely N-dealkylation sites (N-methyl/N-ethyl adjacent to an activating group) is 1. The van der Waals surface area contributed by atoms with Gasteiger partial charge in [-0.1, -0.05) is 52.9 Å². The topological polar surface area (TPSA) is 40.6 Å². The second-order valence-corrected chi connectivity index (χ2v) is 7.91. The Balaban J connectivity index is 1.75. The summed E-state index contributed by atoms with van der Waals surface area (Å²) in [5.74, 6) is -0.218. The van der Waals surface area contributed by atoms with Crippen molar-refractivity contribution in [1.82, 2.24) is 4.90 Å². The van der Waals surface area contributed by atoms with Crippen LogP contribution in [0.3, 0.4) is 0 Å². The predicted molar refractivity (Wildman–Crippen MR) is 106 cm³/mol. The van der Waals surface area contributed by atoms with E-state index < -0.39 is 5.54 Å². The van der Waals surface area contributed by atoms with Crippen LogP contribution in [0.15, 0.2) is 42.5 Å². The number of urea groups is 1. The minimum Gasteiger partial charge on any atom is -0.312 e. The fourth-order valence-corrected chi connectivity index (χ4v) is 4.62. The van der Waals surface area contributed by atoms with Gasteiger partial charge < -0.3 is 4.90 Å². The average molecular weight is 387 g/mol. The Morgan fingerprint density at radius 1 is 1.08 bits per heavy atom. The zero-order valence-electron chi connectivity index (χ0n) is 14.5. The Kier molecular flexibility index (Phi) is 4.05. The maximum Gasteiger partial charge on any atom is 0.332 e. The van der Waals surface area contributed by atoms with Crippen molar-refractivity contribution in [3.63, 3.8) is 0 Å². The molecule has 0 N–H and O–H groups in total. The Morgan fingerprint density at radius 2 is 1.69 bits per heavy atom. The summed E-state index contributed by atoms with van der Waals surface area (Å²) in [5, 5.41) is 0.779. The molecular formula is C19H17BCl2N2O2. The van der Waals surface area contributed by atoms with Gasteiger partial charge in [0.2, 0.25) is 0 Å². The summed E-state index contributed by atoms with van der Waals surface area (Å²) in [6, 6.07) is 12.6. The Labute approximate surface area is 163 Å². The first-order valence-corrected chi connectivity index (χ1v) is 9.25. The maximum absolute atomic E-state index is 13.4. The molecule has 1 aliphatic carbocycles. The number of amides is 3. The van der Waals surface area contributed by atoms with Crippen LogP contribution in [-0.4, -0.2) is 37.3 Å². The predicted octanol–water partition coefficient (Wildman–Crippen LogP) is 2.97. The Bertz CT molecular complexity index is 898. The highest BCUT2D eigenvalue weighted by molar-refractivity contribution is 6.36. The molecule has 3 amide bonds.